The Morgan fingerprint density at radius 3 is 2.80 bits per heavy atom. The van der Waals surface area contributed by atoms with E-state index in [0.29, 0.717) is 0 Å². The summed E-state index contributed by atoms with van der Waals surface area (Å²) < 4.78 is 0. The minimum Gasteiger partial charge on any atom is -0.356 e. The summed E-state index contributed by atoms with van der Waals surface area (Å²) in [5.74, 6) is 0.226. The lowest BCUT2D eigenvalue weighted by molar-refractivity contribution is -0.129. The molecule has 0 aromatic heterocycles. The summed E-state index contributed by atoms with van der Waals surface area (Å²) in [5, 5.41) is 6.29. The van der Waals surface area contributed by atoms with Crippen molar-refractivity contribution in [1.29, 1.82) is 0 Å². The number of rotatable bonds is 6. The zero-order chi connectivity index (χ0) is 11.1. The van der Waals surface area contributed by atoms with Crippen molar-refractivity contribution in [2.75, 3.05) is 19.6 Å². The second-order valence-electron chi connectivity index (χ2n) is 4.80. The van der Waals surface area contributed by atoms with E-state index in [1.165, 1.54) is 19.3 Å². The largest absolute Gasteiger partial charge is 0.356 e. The summed E-state index contributed by atoms with van der Waals surface area (Å²) in [4.78, 5) is 11.8. The van der Waals surface area contributed by atoms with E-state index in [-0.39, 0.29) is 11.3 Å². The van der Waals surface area contributed by atoms with Crippen LogP contribution in [0.4, 0.5) is 0 Å². The highest BCUT2D eigenvalue weighted by molar-refractivity contribution is 5.82. The molecule has 2 N–H and O–H groups in total. The molecule has 15 heavy (non-hydrogen) atoms. The lowest BCUT2D eigenvalue weighted by Crippen LogP contribution is -2.40. The molecular weight excluding hydrogens is 188 g/mol. The summed E-state index contributed by atoms with van der Waals surface area (Å²) in [5.41, 5.74) is -0.162. The maximum atomic E-state index is 11.8. The van der Waals surface area contributed by atoms with Crippen LogP contribution in [-0.4, -0.2) is 25.5 Å². The minimum absolute atomic E-state index is 0.162. The van der Waals surface area contributed by atoms with Gasteiger partial charge in [0.1, 0.15) is 0 Å². The molecule has 1 heterocycles. The summed E-state index contributed by atoms with van der Waals surface area (Å²) in [7, 11) is 0. The quantitative estimate of drug-likeness (QED) is 0.658. The van der Waals surface area contributed by atoms with Gasteiger partial charge in [-0.3, -0.25) is 4.79 Å². The summed E-state index contributed by atoms with van der Waals surface area (Å²) in [6, 6.07) is 0. The molecule has 3 heteroatoms. The molecule has 1 aliphatic rings. The Bertz CT molecular complexity index is 198. The molecule has 1 fully saturated rings. The molecule has 0 bridgehead atoms. The van der Waals surface area contributed by atoms with Crippen LogP contribution in [0.15, 0.2) is 0 Å². The first kappa shape index (κ1) is 12.5. The van der Waals surface area contributed by atoms with Crippen molar-refractivity contribution in [1.82, 2.24) is 10.6 Å². The van der Waals surface area contributed by atoms with Gasteiger partial charge in [-0.2, -0.15) is 0 Å². The van der Waals surface area contributed by atoms with Crippen LogP contribution >= 0.6 is 0 Å². The molecule has 0 saturated carbocycles. The smallest absolute Gasteiger partial charge is 0.227 e. The number of unbranched alkanes of at least 4 members (excludes halogenated alkanes) is 3. The maximum absolute atomic E-state index is 11.8. The number of nitrogens with one attached hydrogen (secondary N) is 2. The van der Waals surface area contributed by atoms with E-state index in [0.717, 1.165) is 32.5 Å². The van der Waals surface area contributed by atoms with Gasteiger partial charge in [-0.05, 0) is 26.3 Å². The van der Waals surface area contributed by atoms with Crippen LogP contribution in [0.3, 0.4) is 0 Å². The first-order chi connectivity index (χ1) is 7.19. The Morgan fingerprint density at radius 2 is 2.20 bits per heavy atom. The third kappa shape index (κ3) is 3.82. The van der Waals surface area contributed by atoms with Crippen molar-refractivity contribution < 1.29 is 4.79 Å². The van der Waals surface area contributed by atoms with Crippen LogP contribution in [0.5, 0.6) is 0 Å². The van der Waals surface area contributed by atoms with Crippen molar-refractivity contribution >= 4 is 5.91 Å². The molecule has 88 valence electrons. The number of amides is 1. The molecule has 1 aliphatic heterocycles. The molecule has 3 nitrogen and oxygen atoms in total. The molecule has 1 rings (SSSR count). The number of carbonyl (C=O) groups is 1. The Labute approximate surface area is 93.0 Å². The van der Waals surface area contributed by atoms with Gasteiger partial charge in [-0.15, -0.1) is 0 Å². The van der Waals surface area contributed by atoms with E-state index >= 15 is 0 Å². The predicted molar refractivity (Wildman–Crippen MR) is 62.7 cm³/mol. The first-order valence-corrected chi connectivity index (χ1v) is 6.18. The van der Waals surface area contributed by atoms with Crippen molar-refractivity contribution in [2.45, 2.75) is 46.0 Å². The Kier molecular flexibility index (Phi) is 5.09. The Balaban J connectivity index is 2.12. The highest BCUT2D eigenvalue weighted by atomic mass is 16.2. The van der Waals surface area contributed by atoms with Gasteiger partial charge in [0.2, 0.25) is 5.91 Å². The second-order valence-corrected chi connectivity index (χ2v) is 4.80. The van der Waals surface area contributed by atoms with Crippen LogP contribution in [0.25, 0.3) is 0 Å². The summed E-state index contributed by atoms with van der Waals surface area (Å²) in [6.07, 6.45) is 5.83. The molecular formula is C12H24N2O. The number of hydrogen-bond donors (Lipinski definition) is 2. The van der Waals surface area contributed by atoms with E-state index in [1.54, 1.807) is 0 Å². The van der Waals surface area contributed by atoms with E-state index < -0.39 is 0 Å². The van der Waals surface area contributed by atoms with Gasteiger partial charge in [0, 0.05) is 13.1 Å². The fraction of sp³-hybridized carbons (Fsp3) is 0.917. The SMILES string of the molecule is CCCCCCNC(=O)C1(C)CCNC1. The Morgan fingerprint density at radius 1 is 1.40 bits per heavy atom. The Hall–Kier alpha value is -0.570. The van der Waals surface area contributed by atoms with Crippen molar-refractivity contribution in [2.24, 2.45) is 5.41 Å². The molecule has 0 aromatic rings. The fourth-order valence-electron chi connectivity index (χ4n) is 1.98. The van der Waals surface area contributed by atoms with Gasteiger partial charge in [-0.1, -0.05) is 26.2 Å². The number of hydrogen-bond acceptors (Lipinski definition) is 2. The monoisotopic (exact) mass is 212 g/mol. The maximum Gasteiger partial charge on any atom is 0.227 e. The van der Waals surface area contributed by atoms with Crippen molar-refractivity contribution in [3.63, 3.8) is 0 Å². The first-order valence-electron chi connectivity index (χ1n) is 6.18. The highest BCUT2D eigenvalue weighted by Crippen LogP contribution is 2.24. The normalized spacial score (nSPS) is 25.5. The van der Waals surface area contributed by atoms with Crippen LogP contribution < -0.4 is 10.6 Å². The third-order valence-corrected chi connectivity index (χ3v) is 3.23. The van der Waals surface area contributed by atoms with E-state index in [2.05, 4.69) is 17.6 Å². The lowest BCUT2D eigenvalue weighted by atomic mass is 9.89. The van der Waals surface area contributed by atoms with Gasteiger partial charge in [-0.25, -0.2) is 0 Å². The molecule has 1 amide bonds. The molecule has 0 aromatic carbocycles. The van der Waals surface area contributed by atoms with E-state index in [4.69, 9.17) is 0 Å². The standard InChI is InChI=1S/C12H24N2O/c1-3-4-5-6-8-14-11(15)12(2)7-9-13-10-12/h13H,3-10H2,1-2H3,(H,14,15). The average Bonchev–Trinajstić information content (AvgIpc) is 2.66. The third-order valence-electron chi connectivity index (χ3n) is 3.23. The highest BCUT2D eigenvalue weighted by Gasteiger charge is 2.35. The fourth-order valence-corrected chi connectivity index (χ4v) is 1.98. The topological polar surface area (TPSA) is 41.1 Å². The lowest BCUT2D eigenvalue weighted by Gasteiger charge is -2.21. The van der Waals surface area contributed by atoms with Gasteiger partial charge in [0.15, 0.2) is 0 Å². The van der Waals surface area contributed by atoms with Crippen LogP contribution in [-0.2, 0) is 4.79 Å². The predicted octanol–water partition coefficient (Wildman–Crippen LogP) is 1.68. The number of carbonyl (C=O) groups excluding carboxylic acids is 1. The van der Waals surface area contributed by atoms with Crippen LogP contribution in [0, 0.1) is 5.41 Å². The van der Waals surface area contributed by atoms with Crippen LogP contribution in [0.1, 0.15) is 46.0 Å². The molecule has 1 saturated heterocycles. The van der Waals surface area contributed by atoms with Gasteiger partial charge >= 0.3 is 0 Å². The zero-order valence-electron chi connectivity index (χ0n) is 10.1. The molecule has 1 atom stereocenters. The van der Waals surface area contributed by atoms with Gasteiger partial charge in [0.05, 0.1) is 5.41 Å². The second kappa shape index (κ2) is 6.11. The zero-order valence-corrected chi connectivity index (χ0v) is 10.1. The van der Waals surface area contributed by atoms with Gasteiger partial charge < -0.3 is 10.6 Å². The van der Waals surface area contributed by atoms with E-state index in [9.17, 15) is 4.79 Å². The minimum atomic E-state index is -0.162. The van der Waals surface area contributed by atoms with Gasteiger partial charge in [0.25, 0.3) is 0 Å². The molecule has 1 unspecified atom stereocenters. The molecule has 0 spiro atoms. The summed E-state index contributed by atoms with van der Waals surface area (Å²) in [6.45, 7) is 6.89. The van der Waals surface area contributed by atoms with Crippen molar-refractivity contribution in [3.05, 3.63) is 0 Å². The average molecular weight is 212 g/mol. The summed E-state index contributed by atoms with van der Waals surface area (Å²) >= 11 is 0. The van der Waals surface area contributed by atoms with E-state index in [1.807, 2.05) is 6.92 Å². The van der Waals surface area contributed by atoms with Crippen molar-refractivity contribution in [3.8, 4) is 0 Å². The molecule has 0 radical (unpaired) electrons. The molecule has 0 aliphatic carbocycles. The van der Waals surface area contributed by atoms with Crippen LogP contribution in [0.2, 0.25) is 0 Å².